The third-order valence-corrected chi connectivity index (χ3v) is 6.89. The van der Waals surface area contributed by atoms with E-state index in [1.165, 1.54) is 28.6 Å². The second-order valence-corrected chi connectivity index (χ2v) is 9.44. The van der Waals surface area contributed by atoms with Gasteiger partial charge in [0.1, 0.15) is 0 Å². The summed E-state index contributed by atoms with van der Waals surface area (Å²) < 4.78 is 32.9. The second kappa shape index (κ2) is 8.22. The molecule has 1 aromatic heterocycles. The van der Waals surface area contributed by atoms with Gasteiger partial charge in [0.05, 0.1) is 22.5 Å². The number of H-pyrrole nitrogens is 1. The third-order valence-electron chi connectivity index (χ3n) is 5.05. The van der Waals surface area contributed by atoms with Gasteiger partial charge in [0.15, 0.2) is 5.69 Å². The summed E-state index contributed by atoms with van der Waals surface area (Å²) in [7, 11) is -3.67. The van der Waals surface area contributed by atoms with E-state index in [2.05, 4.69) is 15.5 Å². The van der Waals surface area contributed by atoms with Crippen molar-refractivity contribution in [3.63, 3.8) is 0 Å². The van der Waals surface area contributed by atoms with Crippen molar-refractivity contribution in [2.24, 2.45) is 0 Å². The van der Waals surface area contributed by atoms with E-state index < -0.39 is 15.9 Å². The first-order valence-electron chi connectivity index (χ1n) is 9.80. The van der Waals surface area contributed by atoms with E-state index in [0.717, 1.165) is 0 Å². The molecule has 0 bridgehead atoms. The number of ether oxygens (including phenoxy) is 1. The zero-order valence-electron chi connectivity index (χ0n) is 17.0. The van der Waals surface area contributed by atoms with Crippen LogP contribution in [0.15, 0.2) is 58.2 Å². The molecule has 2 N–H and O–H groups in total. The topological polar surface area (TPSA) is 121 Å². The van der Waals surface area contributed by atoms with E-state index in [0.29, 0.717) is 16.5 Å². The molecular weight excluding hydrogens is 420 g/mol. The van der Waals surface area contributed by atoms with Gasteiger partial charge < -0.3 is 10.1 Å². The van der Waals surface area contributed by atoms with Crippen molar-refractivity contribution in [1.82, 2.24) is 14.5 Å². The van der Waals surface area contributed by atoms with Gasteiger partial charge in [-0.05, 0) is 44.2 Å². The molecule has 2 heterocycles. The minimum absolute atomic E-state index is 0.0724. The van der Waals surface area contributed by atoms with Crippen molar-refractivity contribution in [3.05, 3.63) is 64.6 Å². The lowest BCUT2D eigenvalue weighted by Gasteiger charge is -2.34. The Balaban J connectivity index is 1.55. The molecule has 0 spiro atoms. The SMILES string of the molecule is CC1CN(S(=O)(=O)c2ccc(NC(=O)c3n[nH]c(=O)c4ccccc34)cc2)CC(C)O1. The molecule has 1 amide bonds. The van der Waals surface area contributed by atoms with Crippen LogP contribution in [-0.2, 0) is 14.8 Å². The number of fused-ring (bicyclic) bond motifs is 1. The first kappa shape index (κ1) is 21.2. The van der Waals surface area contributed by atoms with Gasteiger partial charge in [-0.1, -0.05) is 18.2 Å². The number of hydrogen-bond donors (Lipinski definition) is 2. The van der Waals surface area contributed by atoms with E-state index >= 15 is 0 Å². The van der Waals surface area contributed by atoms with E-state index in [1.54, 1.807) is 24.3 Å². The monoisotopic (exact) mass is 442 g/mol. The fourth-order valence-corrected chi connectivity index (χ4v) is 5.25. The van der Waals surface area contributed by atoms with Crippen LogP contribution in [0.5, 0.6) is 0 Å². The molecule has 2 aromatic carbocycles. The van der Waals surface area contributed by atoms with Gasteiger partial charge in [0, 0.05) is 24.2 Å². The largest absolute Gasteiger partial charge is 0.373 e. The Morgan fingerprint density at radius 1 is 1.06 bits per heavy atom. The Labute approximate surface area is 179 Å². The maximum atomic E-state index is 13.0. The van der Waals surface area contributed by atoms with Gasteiger partial charge in [-0.25, -0.2) is 13.5 Å². The van der Waals surface area contributed by atoms with Gasteiger partial charge in [-0.3, -0.25) is 9.59 Å². The molecule has 4 rings (SSSR count). The van der Waals surface area contributed by atoms with Gasteiger partial charge in [0.2, 0.25) is 10.0 Å². The summed E-state index contributed by atoms with van der Waals surface area (Å²) in [5, 5.41) is 9.67. The highest BCUT2D eigenvalue weighted by Crippen LogP contribution is 2.23. The van der Waals surface area contributed by atoms with Crippen LogP contribution in [0.4, 0.5) is 5.69 Å². The van der Waals surface area contributed by atoms with Crippen LogP contribution < -0.4 is 10.9 Å². The molecule has 2 atom stereocenters. The maximum Gasteiger partial charge on any atom is 0.276 e. The molecule has 0 saturated carbocycles. The van der Waals surface area contributed by atoms with Gasteiger partial charge in [-0.15, -0.1) is 0 Å². The molecule has 1 aliphatic heterocycles. The summed E-state index contributed by atoms with van der Waals surface area (Å²) in [6.07, 6.45) is -0.367. The van der Waals surface area contributed by atoms with Crippen molar-refractivity contribution in [2.75, 3.05) is 18.4 Å². The van der Waals surface area contributed by atoms with Gasteiger partial charge in [0.25, 0.3) is 11.5 Å². The minimum Gasteiger partial charge on any atom is -0.373 e. The Kier molecular flexibility index (Phi) is 5.61. The highest BCUT2D eigenvalue weighted by atomic mass is 32.2. The normalized spacial score (nSPS) is 19.9. The number of aromatic amines is 1. The number of amides is 1. The summed E-state index contributed by atoms with van der Waals surface area (Å²) in [5.41, 5.74) is 0.0985. The Morgan fingerprint density at radius 3 is 2.32 bits per heavy atom. The molecule has 1 saturated heterocycles. The predicted octanol–water partition coefficient (Wildman–Crippen LogP) is 1.97. The number of anilines is 1. The van der Waals surface area contributed by atoms with Crippen molar-refractivity contribution in [3.8, 4) is 0 Å². The number of carbonyl (C=O) groups is 1. The third kappa shape index (κ3) is 4.22. The molecule has 10 heteroatoms. The van der Waals surface area contributed by atoms with Crippen LogP contribution in [0.3, 0.4) is 0 Å². The zero-order chi connectivity index (χ0) is 22.2. The van der Waals surface area contributed by atoms with Crippen LogP contribution in [0.1, 0.15) is 24.3 Å². The lowest BCUT2D eigenvalue weighted by Crippen LogP contribution is -2.48. The summed E-state index contributed by atoms with van der Waals surface area (Å²) >= 11 is 0. The first-order valence-corrected chi connectivity index (χ1v) is 11.2. The van der Waals surface area contributed by atoms with Crippen molar-refractivity contribution in [2.45, 2.75) is 31.0 Å². The smallest absolute Gasteiger partial charge is 0.276 e. The van der Waals surface area contributed by atoms with Gasteiger partial charge >= 0.3 is 0 Å². The number of benzene rings is 2. The molecule has 162 valence electrons. The number of sulfonamides is 1. The molecule has 31 heavy (non-hydrogen) atoms. The predicted molar refractivity (Wildman–Crippen MR) is 116 cm³/mol. The number of aromatic nitrogens is 2. The summed E-state index contributed by atoms with van der Waals surface area (Å²) in [5.74, 6) is -0.515. The van der Waals surface area contributed by atoms with E-state index in [1.807, 2.05) is 13.8 Å². The second-order valence-electron chi connectivity index (χ2n) is 7.50. The Hall–Kier alpha value is -3.08. The minimum atomic E-state index is -3.67. The molecule has 9 nitrogen and oxygen atoms in total. The fourth-order valence-electron chi connectivity index (χ4n) is 3.66. The summed E-state index contributed by atoms with van der Waals surface area (Å²) in [4.78, 5) is 24.7. The molecule has 0 aliphatic carbocycles. The van der Waals surface area contributed by atoms with Gasteiger partial charge in [-0.2, -0.15) is 9.40 Å². The first-order chi connectivity index (χ1) is 14.8. The fraction of sp³-hybridized carbons (Fsp3) is 0.286. The lowest BCUT2D eigenvalue weighted by molar-refractivity contribution is -0.0440. The maximum absolute atomic E-state index is 13.0. The standard InChI is InChI=1S/C21H22N4O5S/c1-13-11-25(12-14(2)30-13)31(28,29)16-9-7-15(8-10-16)22-21(27)19-17-5-3-4-6-18(17)20(26)24-23-19/h3-10,13-14H,11-12H2,1-2H3,(H,22,27)(H,24,26). The number of hydrogen-bond acceptors (Lipinski definition) is 6. The van der Waals surface area contributed by atoms with E-state index in [9.17, 15) is 18.0 Å². The summed E-state index contributed by atoms with van der Waals surface area (Å²) in [6, 6.07) is 12.6. The van der Waals surface area contributed by atoms with Crippen LogP contribution in [0.2, 0.25) is 0 Å². The number of nitrogens with zero attached hydrogens (tertiary/aromatic N) is 2. The average molecular weight is 442 g/mol. The highest BCUT2D eigenvalue weighted by Gasteiger charge is 2.32. The van der Waals surface area contributed by atoms with Crippen molar-refractivity contribution in [1.29, 1.82) is 0 Å². The summed E-state index contributed by atoms with van der Waals surface area (Å²) in [6.45, 7) is 4.25. The molecular formula is C21H22N4O5S. The van der Waals surface area contributed by atoms with Crippen LogP contribution in [0.25, 0.3) is 10.8 Å². The number of carbonyl (C=O) groups excluding carboxylic acids is 1. The van der Waals surface area contributed by atoms with Crippen molar-refractivity contribution < 1.29 is 17.9 Å². The molecule has 0 radical (unpaired) electrons. The van der Waals surface area contributed by atoms with Crippen LogP contribution in [0, 0.1) is 0 Å². The lowest BCUT2D eigenvalue weighted by atomic mass is 10.1. The molecule has 1 aliphatic rings. The Morgan fingerprint density at radius 2 is 1.68 bits per heavy atom. The molecule has 3 aromatic rings. The zero-order valence-corrected chi connectivity index (χ0v) is 17.8. The Bertz CT molecular complexity index is 1280. The van der Waals surface area contributed by atoms with Crippen LogP contribution in [-0.4, -0.2) is 54.1 Å². The number of morpholine rings is 1. The van der Waals surface area contributed by atoms with Crippen molar-refractivity contribution >= 4 is 32.4 Å². The molecule has 1 fully saturated rings. The van der Waals surface area contributed by atoms with E-state index in [-0.39, 0.29) is 41.4 Å². The number of rotatable bonds is 4. The quantitative estimate of drug-likeness (QED) is 0.637. The van der Waals surface area contributed by atoms with E-state index in [4.69, 9.17) is 4.74 Å². The number of nitrogens with one attached hydrogen (secondary N) is 2. The average Bonchev–Trinajstić information content (AvgIpc) is 2.74. The highest BCUT2D eigenvalue weighted by molar-refractivity contribution is 7.89. The molecule has 2 unspecified atom stereocenters. The van der Waals surface area contributed by atoms with Crippen LogP contribution >= 0.6 is 0 Å².